The Bertz CT molecular complexity index is 966. The molecule has 0 saturated carbocycles. The molecule has 2 aliphatic rings. The van der Waals surface area contributed by atoms with Crippen molar-refractivity contribution in [3.63, 3.8) is 0 Å². The Balaban J connectivity index is 1.44. The standard InChI is InChI=1S/C20H16N2O5/c23-18-10-22(16-7-3-2-6-15(16)21-18)19(24)12-27-20(25)14-9-13-5-1-4-8-17(13)26-11-14/h1-9H,10-12H2,(H,21,23). The Hall–Kier alpha value is -3.61. The summed E-state index contributed by atoms with van der Waals surface area (Å²) in [5.41, 5.74) is 2.24. The van der Waals surface area contributed by atoms with Crippen molar-refractivity contribution in [2.24, 2.45) is 0 Å². The highest BCUT2D eigenvalue weighted by atomic mass is 16.5. The minimum Gasteiger partial charge on any atom is -0.488 e. The van der Waals surface area contributed by atoms with E-state index in [1.807, 2.05) is 24.3 Å². The molecular weight excluding hydrogens is 348 g/mol. The molecule has 27 heavy (non-hydrogen) atoms. The zero-order chi connectivity index (χ0) is 18.8. The van der Waals surface area contributed by atoms with E-state index in [1.165, 1.54) is 4.90 Å². The van der Waals surface area contributed by atoms with Crippen molar-refractivity contribution in [2.45, 2.75) is 0 Å². The van der Waals surface area contributed by atoms with Crippen LogP contribution >= 0.6 is 0 Å². The Kier molecular flexibility index (Phi) is 4.33. The lowest BCUT2D eigenvalue weighted by Gasteiger charge is -2.29. The molecule has 2 aromatic carbocycles. The fourth-order valence-corrected chi connectivity index (χ4v) is 2.99. The van der Waals surface area contributed by atoms with Gasteiger partial charge in [-0.05, 0) is 24.3 Å². The molecule has 0 fully saturated rings. The third-order valence-corrected chi connectivity index (χ3v) is 4.29. The molecule has 2 amide bonds. The predicted molar refractivity (Wildman–Crippen MR) is 98.3 cm³/mol. The maximum Gasteiger partial charge on any atom is 0.338 e. The zero-order valence-electron chi connectivity index (χ0n) is 14.3. The number of hydrogen-bond donors (Lipinski definition) is 1. The summed E-state index contributed by atoms with van der Waals surface area (Å²) in [5.74, 6) is -0.689. The van der Waals surface area contributed by atoms with Crippen molar-refractivity contribution in [2.75, 3.05) is 30.0 Å². The van der Waals surface area contributed by atoms with Gasteiger partial charge in [0.25, 0.3) is 5.91 Å². The van der Waals surface area contributed by atoms with Gasteiger partial charge < -0.3 is 14.8 Å². The fourth-order valence-electron chi connectivity index (χ4n) is 2.99. The molecule has 0 unspecified atom stereocenters. The summed E-state index contributed by atoms with van der Waals surface area (Å²) in [7, 11) is 0. The number of esters is 1. The Labute approximate surface area is 155 Å². The number of ether oxygens (including phenoxy) is 2. The number of carbonyl (C=O) groups is 3. The monoisotopic (exact) mass is 364 g/mol. The number of hydrogen-bond acceptors (Lipinski definition) is 5. The van der Waals surface area contributed by atoms with Crippen LogP contribution in [0.2, 0.25) is 0 Å². The molecule has 1 N–H and O–H groups in total. The number of para-hydroxylation sites is 3. The van der Waals surface area contributed by atoms with Crippen LogP contribution in [0.5, 0.6) is 5.75 Å². The van der Waals surface area contributed by atoms with Crippen molar-refractivity contribution >= 4 is 35.2 Å². The van der Waals surface area contributed by atoms with Gasteiger partial charge in [-0.3, -0.25) is 14.5 Å². The molecule has 7 nitrogen and oxygen atoms in total. The number of amides is 2. The molecule has 0 aromatic heterocycles. The lowest BCUT2D eigenvalue weighted by atomic mass is 10.1. The lowest BCUT2D eigenvalue weighted by Crippen LogP contribution is -2.44. The third-order valence-electron chi connectivity index (χ3n) is 4.29. The van der Waals surface area contributed by atoms with E-state index in [2.05, 4.69) is 5.32 Å². The highest BCUT2D eigenvalue weighted by molar-refractivity contribution is 6.10. The molecule has 2 heterocycles. The van der Waals surface area contributed by atoms with Crippen molar-refractivity contribution < 1.29 is 23.9 Å². The number of fused-ring (bicyclic) bond motifs is 2. The number of anilines is 2. The highest BCUT2D eigenvalue weighted by Crippen LogP contribution is 2.29. The van der Waals surface area contributed by atoms with Crippen molar-refractivity contribution in [3.05, 3.63) is 59.7 Å². The topological polar surface area (TPSA) is 84.9 Å². The smallest absolute Gasteiger partial charge is 0.338 e. The Morgan fingerprint density at radius 1 is 1.11 bits per heavy atom. The average Bonchev–Trinajstić information content (AvgIpc) is 2.70. The predicted octanol–water partition coefficient (Wildman–Crippen LogP) is 1.99. The fraction of sp³-hybridized carbons (Fsp3) is 0.150. The summed E-state index contributed by atoms with van der Waals surface area (Å²) < 4.78 is 10.7. The molecule has 2 aromatic rings. The quantitative estimate of drug-likeness (QED) is 0.842. The first-order valence-corrected chi connectivity index (χ1v) is 8.40. The van der Waals surface area contributed by atoms with Gasteiger partial charge in [-0.2, -0.15) is 0 Å². The van der Waals surface area contributed by atoms with Gasteiger partial charge in [-0.15, -0.1) is 0 Å². The van der Waals surface area contributed by atoms with Crippen molar-refractivity contribution in [1.29, 1.82) is 0 Å². The number of carbonyl (C=O) groups excluding carboxylic acids is 3. The van der Waals surface area contributed by atoms with Crippen molar-refractivity contribution in [1.82, 2.24) is 0 Å². The van der Waals surface area contributed by atoms with Gasteiger partial charge in [0.2, 0.25) is 5.91 Å². The molecule has 7 heteroatoms. The van der Waals surface area contributed by atoms with Crippen LogP contribution in [-0.4, -0.2) is 37.5 Å². The van der Waals surface area contributed by atoms with Crippen LogP contribution in [0.4, 0.5) is 11.4 Å². The van der Waals surface area contributed by atoms with Crippen LogP contribution in [-0.2, 0) is 19.1 Å². The molecular formula is C20H16N2O5. The summed E-state index contributed by atoms with van der Waals surface area (Å²) in [6.45, 7) is -0.495. The number of nitrogens with one attached hydrogen (secondary N) is 1. The summed E-state index contributed by atoms with van der Waals surface area (Å²) in [6.07, 6.45) is 1.69. The van der Waals surface area contributed by atoms with E-state index in [0.717, 1.165) is 5.56 Å². The highest BCUT2D eigenvalue weighted by Gasteiger charge is 2.28. The third kappa shape index (κ3) is 3.39. The second-order valence-electron chi connectivity index (χ2n) is 6.12. The Morgan fingerprint density at radius 2 is 1.89 bits per heavy atom. The molecule has 0 saturated heterocycles. The number of benzene rings is 2. The lowest BCUT2D eigenvalue weighted by molar-refractivity contribution is -0.144. The molecule has 0 bridgehead atoms. The maximum absolute atomic E-state index is 12.5. The molecule has 0 radical (unpaired) electrons. The first-order valence-electron chi connectivity index (χ1n) is 8.40. The van der Waals surface area contributed by atoms with Crippen LogP contribution in [0, 0.1) is 0 Å². The van der Waals surface area contributed by atoms with Gasteiger partial charge in [-0.1, -0.05) is 30.3 Å². The second kappa shape index (κ2) is 6.95. The first-order chi connectivity index (χ1) is 13.1. The van der Waals surface area contributed by atoms with Crippen LogP contribution in [0.3, 0.4) is 0 Å². The zero-order valence-corrected chi connectivity index (χ0v) is 14.3. The van der Waals surface area contributed by atoms with E-state index in [0.29, 0.717) is 22.7 Å². The van der Waals surface area contributed by atoms with Gasteiger partial charge in [0.1, 0.15) is 18.9 Å². The van der Waals surface area contributed by atoms with E-state index in [9.17, 15) is 14.4 Å². The number of rotatable bonds is 3. The van der Waals surface area contributed by atoms with Crippen LogP contribution in [0.15, 0.2) is 54.1 Å². The van der Waals surface area contributed by atoms with E-state index < -0.39 is 18.5 Å². The molecule has 0 aliphatic carbocycles. The molecule has 0 atom stereocenters. The van der Waals surface area contributed by atoms with Gasteiger partial charge in [0.15, 0.2) is 6.61 Å². The van der Waals surface area contributed by atoms with E-state index in [-0.39, 0.29) is 19.1 Å². The van der Waals surface area contributed by atoms with Gasteiger partial charge in [0, 0.05) is 5.56 Å². The number of nitrogens with zero attached hydrogens (tertiary/aromatic N) is 1. The SMILES string of the molecule is O=C1CN(C(=O)COC(=O)C2=Cc3ccccc3OC2)c2ccccc2N1. The van der Waals surface area contributed by atoms with Gasteiger partial charge in [-0.25, -0.2) is 4.79 Å². The maximum atomic E-state index is 12.5. The van der Waals surface area contributed by atoms with E-state index in [4.69, 9.17) is 9.47 Å². The second-order valence-corrected chi connectivity index (χ2v) is 6.12. The summed E-state index contributed by atoms with van der Waals surface area (Å²) in [5, 5.41) is 2.70. The van der Waals surface area contributed by atoms with E-state index >= 15 is 0 Å². The molecule has 4 rings (SSSR count). The molecule has 2 aliphatic heterocycles. The Morgan fingerprint density at radius 3 is 2.78 bits per heavy atom. The normalized spacial score (nSPS) is 14.9. The first kappa shape index (κ1) is 16.8. The largest absolute Gasteiger partial charge is 0.488 e. The van der Waals surface area contributed by atoms with Crippen molar-refractivity contribution in [3.8, 4) is 5.75 Å². The van der Waals surface area contributed by atoms with Crippen LogP contribution < -0.4 is 15.0 Å². The summed E-state index contributed by atoms with van der Waals surface area (Å²) in [4.78, 5) is 37.9. The van der Waals surface area contributed by atoms with Gasteiger partial charge >= 0.3 is 5.97 Å². The average molecular weight is 364 g/mol. The molecule has 0 spiro atoms. The van der Waals surface area contributed by atoms with Gasteiger partial charge in [0.05, 0.1) is 16.9 Å². The minimum absolute atomic E-state index is 0.0823. The van der Waals surface area contributed by atoms with Crippen LogP contribution in [0.25, 0.3) is 6.08 Å². The minimum atomic E-state index is -0.618. The summed E-state index contributed by atoms with van der Waals surface area (Å²) in [6, 6.07) is 14.3. The van der Waals surface area contributed by atoms with Crippen LogP contribution in [0.1, 0.15) is 5.56 Å². The molecule has 136 valence electrons. The van der Waals surface area contributed by atoms with E-state index in [1.54, 1.807) is 30.3 Å². The summed E-state index contributed by atoms with van der Waals surface area (Å²) >= 11 is 0.